The summed E-state index contributed by atoms with van der Waals surface area (Å²) < 4.78 is 139. The number of ether oxygens (including phenoxy) is 2. The van der Waals surface area contributed by atoms with Crippen molar-refractivity contribution in [3.05, 3.63) is 83.9 Å². The molecule has 1 atom stereocenters. The van der Waals surface area contributed by atoms with E-state index in [1.807, 2.05) is 0 Å². The van der Waals surface area contributed by atoms with Gasteiger partial charge in [0.15, 0.2) is 6.10 Å². The first kappa shape index (κ1) is 29.9. The summed E-state index contributed by atoms with van der Waals surface area (Å²) in [4.78, 5) is 1.02. The molecule has 212 valence electrons. The van der Waals surface area contributed by atoms with E-state index in [4.69, 9.17) is 4.74 Å². The van der Waals surface area contributed by atoms with Crippen molar-refractivity contribution in [2.45, 2.75) is 37.5 Å². The van der Waals surface area contributed by atoms with Crippen LogP contribution in [0.5, 0.6) is 17.2 Å². The molecule has 0 spiro atoms. The Balaban J connectivity index is 1.87. The molecule has 3 rings (SSSR count). The molecule has 0 heterocycles. The van der Waals surface area contributed by atoms with Crippen molar-refractivity contribution in [3.63, 3.8) is 0 Å². The Hall–Kier alpha value is -3.68. The number of aliphatic hydroxyl groups excluding tert-OH is 1. The molecule has 0 saturated heterocycles. The van der Waals surface area contributed by atoms with Crippen LogP contribution >= 0.6 is 0 Å². The van der Waals surface area contributed by atoms with E-state index >= 15 is 0 Å². The second-order valence-corrected chi connectivity index (χ2v) is 8.17. The fourth-order valence-electron chi connectivity index (χ4n) is 3.29. The fourth-order valence-corrected chi connectivity index (χ4v) is 3.29. The molecule has 0 aromatic heterocycles. The first-order valence-electron chi connectivity index (χ1n) is 10.9. The van der Waals surface area contributed by atoms with Gasteiger partial charge in [-0.25, -0.2) is 0 Å². The summed E-state index contributed by atoms with van der Waals surface area (Å²) in [6, 6.07) is 13.3. The van der Waals surface area contributed by atoms with Gasteiger partial charge in [0.05, 0.1) is 12.1 Å². The Morgan fingerprint density at radius 1 is 0.744 bits per heavy atom. The maximum Gasteiger partial charge on any atom is 0.461 e. The highest BCUT2D eigenvalue weighted by Crippen LogP contribution is 2.33. The van der Waals surface area contributed by atoms with Gasteiger partial charge in [-0.1, -0.05) is 18.2 Å². The van der Waals surface area contributed by atoms with Crippen molar-refractivity contribution in [3.8, 4) is 17.2 Å². The van der Waals surface area contributed by atoms with Gasteiger partial charge in [-0.15, -0.1) is 0 Å². The predicted octanol–water partition coefficient (Wildman–Crippen LogP) is 7.66. The topological polar surface area (TPSA) is 41.9 Å². The minimum atomic E-state index is -5.02. The molecule has 0 bridgehead atoms. The zero-order valence-electron chi connectivity index (χ0n) is 19.5. The summed E-state index contributed by atoms with van der Waals surface area (Å²) >= 11 is 0. The highest BCUT2D eigenvalue weighted by molar-refractivity contribution is 5.52. The maximum absolute atomic E-state index is 13.3. The molecule has 0 aliphatic rings. The Labute approximate surface area is 215 Å². The normalized spacial score (nSPS) is 13.3. The largest absolute Gasteiger partial charge is 0.461 e. The lowest BCUT2D eigenvalue weighted by Crippen LogP contribution is -2.40. The number of rotatable bonds is 10. The van der Waals surface area contributed by atoms with E-state index < -0.39 is 55.4 Å². The predicted molar refractivity (Wildman–Crippen MR) is 119 cm³/mol. The monoisotopic (exact) mass is 571 g/mol. The Morgan fingerprint density at radius 3 is 1.95 bits per heavy atom. The van der Waals surface area contributed by atoms with Crippen LogP contribution in [-0.4, -0.2) is 36.5 Å². The summed E-state index contributed by atoms with van der Waals surface area (Å²) in [5.41, 5.74) is -0.804. The van der Waals surface area contributed by atoms with Crippen LogP contribution in [0, 0.1) is 0 Å². The van der Waals surface area contributed by atoms with Crippen LogP contribution in [0.1, 0.15) is 11.1 Å². The molecular formula is C25H19F10NO3. The van der Waals surface area contributed by atoms with Gasteiger partial charge in [-0.05, 0) is 54.1 Å². The van der Waals surface area contributed by atoms with E-state index in [1.165, 1.54) is 30.3 Å². The molecule has 0 aliphatic heterocycles. The van der Waals surface area contributed by atoms with Gasteiger partial charge in [-0.3, -0.25) is 0 Å². The van der Waals surface area contributed by atoms with Gasteiger partial charge in [0.2, 0.25) is 0 Å². The van der Waals surface area contributed by atoms with E-state index in [0.29, 0.717) is 0 Å². The standard InChI is InChI=1S/C25H19F10NO3/c26-22(27)25(34,35)39-20-6-1-3-15(11-20)13-36(14-21(37)24(31,32)33)17-4-2-5-19(12-17)38-18-9-7-16(8-10-18)23(28,29)30/h1-12,21-22,37H,13-14H2. The minimum absolute atomic E-state index is 0.00756. The second-order valence-electron chi connectivity index (χ2n) is 8.17. The molecule has 14 heteroatoms. The van der Waals surface area contributed by atoms with Crippen molar-refractivity contribution in [2.75, 3.05) is 11.4 Å². The van der Waals surface area contributed by atoms with Crippen molar-refractivity contribution < 1.29 is 58.5 Å². The van der Waals surface area contributed by atoms with Gasteiger partial charge < -0.3 is 19.5 Å². The van der Waals surface area contributed by atoms with E-state index in [2.05, 4.69) is 4.74 Å². The maximum atomic E-state index is 13.3. The number of aliphatic hydroxyl groups is 1. The van der Waals surface area contributed by atoms with Crippen molar-refractivity contribution in [2.24, 2.45) is 0 Å². The smallest absolute Gasteiger partial charge is 0.457 e. The second kappa shape index (κ2) is 11.6. The van der Waals surface area contributed by atoms with Crippen LogP contribution in [0.3, 0.4) is 0 Å². The highest BCUT2D eigenvalue weighted by atomic mass is 19.4. The number of anilines is 1. The van der Waals surface area contributed by atoms with Gasteiger partial charge in [0, 0.05) is 18.3 Å². The lowest BCUT2D eigenvalue weighted by atomic mass is 10.1. The molecule has 0 amide bonds. The average molecular weight is 571 g/mol. The van der Waals surface area contributed by atoms with E-state index in [-0.39, 0.29) is 22.7 Å². The number of halogens is 10. The zero-order valence-corrected chi connectivity index (χ0v) is 19.5. The minimum Gasteiger partial charge on any atom is -0.457 e. The fraction of sp³-hybridized carbons (Fsp3) is 0.280. The van der Waals surface area contributed by atoms with Crippen molar-refractivity contribution in [1.82, 2.24) is 0 Å². The van der Waals surface area contributed by atoms with Crippen molar-refractivity contribution >= 4 is 5.69 Å². The molecule has 0 radical (unpaired) electrons. The van der Waals surface area contributed by atoms with Crippen LogP contribution in [-0.2, 0) is 12.7 Å². The molecule has 0 saturated carbocycles. The number of benzene rings is 3. The number of nitrogens with zero attached hydrogens (tertiary/aromatic N) is 1. The van der Waals surface area contributed by atoms with Crippen LogP contribution in [0.2, 0.25) is 0 Å². The summed E-state index contributed by atoms with van der Waals surface area (Å²) in [7, 11) is 0. The summed E-state index contributed by atoms with van der Waals surface area (Å²) in [5, 5.41) is 9.66. The third-order valence-electron chi connectivity index (χ3n) is 5.15. The number of hydrogen-bond acceptors (Lipinski definition) is 4. The zero-order chi connectivity index (χ0) is 29.0. The molecule has 1 unspecified atom stereocenters. The van der Waals surface area contributed by atoms with Crippen molar-refractivity contribution in [1.29, 1.82) is 0 Å². The van der Waals surface area contributed by atoms with Gasteiger partial charge >= 0.3 is 24.9 Å². The average Bonchev–Trinajstić information content (AvgIpc) is 2.83. The van der Waals surface area contributed by atoms with Gasteiger partial charge in [-0.2, -0.15) is 43.9 Å². The molecule has 39 heavy (non-hydrogen) atoms. The number of alkyl halides is 10. The summed E-state index contributed by atoms with van der Waals surface area (Å²) in [6.45, 7) is -1.44. The number of hydrogen-bond donors (Lipinski definition) is 1. The van der Waals surface area contributed by atoms with Crippen LogP contribution in [0.25, 0.3) is 0 Å². The highest BCUT2D eigenvalue weighted by Gasteiger charge is 2.44. The molecule has 0 fully saturated rings. The van der Waals surface area contributed by atoms with Crippen LogP contribution < -0.4 is 14.4 Å². The quantitative estimate of drug-likeness (QED) is 0.254. The van der Waals surface area contributed by atoms with E-state index in [0.717, 1.165) is 47.4 Å². The third-order valence-corrected chi connectivity index (χ3v) is 5.15. The first-order chi connectivity index (χ1) is 18.0. The summed E-state index contributed by atoms with van der Waals surface area (Å²) in [5.74, 6) is -0.659. The Morgan fingerprint density at radius 2 is 1.36 bits per heavy atom. The molecule has 3 aromatic carbocycles. The molecular weight excluding hydrogens is 552 g/mol. The SMILES string of the molecule is OC(CN(Cc1cccc(OC(F)(F)C(F)F)c1)c1cccc(Oc2ccc(C(F)(F)F)cc2)c1)C(F)(F)F. The summed E-state index contributed by atoms with van der Waals surface area (Å²) in [6.07, 6.45) is -21.4. The third kappa shape index (κ3) is 8.40. The lowest BCUT2D eigenvalue weighted by molar-refractivity contribution is -0.253. The molecule has 1 N–H and O–H groups in total. The lowest BCUT2D eigenvalue weighted by Gasteiger charge is -2.29. The van der Waals surface area contributed by atoms with Gasteiger partial charge in [0.25, 0.3) is 0 Å². The molecule has 4 nitrogen and oxygen atoms in total. The molecule has 0 aliphatic carbocycles. The first-order valence-corrected chi connectivity index (χ1v) is 10.9. The molecule has 3 aromatic rings. The van der Waals surface area contributed by atoms with Crippen LogP contribution in [0.4, 0.5) is 49.6 Å². The van der Waals surface area contributed by atoms with Gasteiger partial charge in [0.1, 0.15) is 17.2 Å². The van der Waals surface area contributed by atoms with E-state index in [1.54, 1.807) is 0 Å². The Bertz CT molecular complexity index is 1230. The Kier molecular flexibility index (Phi) is 8.88. The van der Waals surface area contributed by atoms with E-state index in [9.17, 15) is 49.0 Å². The van der Waals surface area contributed by atoms with Crippen LogP contribution in [0.15, 0.2) is 72.8 Å².